The van der Waals surface area contributed by atoms with Crippen LogP contribution in [0.1, 0.15) is 43.5 Å². The number of hydrogen-bond acceptors (Lipinski definition) is 3. The van der Waals surface area contributed by atoms with Gasteiger partial charge in [-0.3, -0.25) is 0 Å². The van der Waals surface area contributed by atoms with Gasteiger partial charge in [-0.2, -0.15) is 5.10 Å². The molecule has 1 fully saturated rings. The van der Waals surface area contributed by atoms with Gasteiger partial charge in [0.05, 0.1) is 5.52 Å². The van der Waals surface area contributed by atoms with Crippen LogP contribution in [0.4, 0.5) is 4.39 Å². The van der Waals surface area contributed by atoms with E-state index in [9.17, 15) is 0 Å². The number of ether oxygens (including phenoxy) is 2. The highest BCUT2D eigenvalue weighted by Crippen LogP contribution is 2.35. The Morgan fingerprint density at radius 3 is 2.73 bits per heavy atom. The van der Waals surface area contributed by atoms with E-state index in [1.54, 1.807) is 6.07 Å². The Kier molecular flexibility index (Phi) is 6.64. The summed E-state index contributed by atoms with van der Waals surface area (Å²) in [5, 5.41) is 5.85. The predicted octanol–water partition coefficient (Wildman–Crippen LogP) is 7.29. The van der Waals surface area contributed by atoms with Crippen molar-refractivity contribution in [3.05, 3.63) is 81.3 Å². The second-order valence-corrected chi connectivity index (χ2v) is 9.38. The minimum atomic E-state index is -0.350. The number of rotatable bonds is 6. The third-order valence-corrected chi connectivity index (χ3v) is 6.97. The minimum Gasteiger partial charge on any atom is -0.486 e. The molecule has 0 N–H and O–H groups in total. The largest absolute Gasteiger partial charge is 0.486 e. The summed E-state index contributed by atoms with van der Waals surface area (Å²) in [4.78, 5) is 0. The molecule has 0 bridgehead atoms. The summed E-state index contributed by atoms with van der Waals surface area (Å²) in [5.41, 5.74) is 4.94. The summed E-state index contributed by atoms with van der Waals surface area (Å²) < 4.78 is 29.8. The standard InChI is InChI=1S/C27H26FIN2O2/c1-2-19-15-25(33-17-18-8-4-3-5-9-18)23(28)16-22(19)20-11-12-21-24(14-20)31(30-27(21)29)26-10-6-7-13-32-26/h3-5,8-9,11-12,14-16,26H,2,6-7,10,13,17H2,1H3/t26-/m1/s1. The number of benzene rings is 3. The fourth-order valence-corrected chi connectivity index (χ4v) is 5.09. The van der Waals surface area contributed by atoms with Gasteiger partial charge in [0, 0.05) is 12.0 Å². The van der Waals surface area contributed by atoms with Crippen molar-refractivity contribution >= 4 is 33.5 Å². The maximum absolute atomic E-state index is 15.1. The lowest BCUT2D eigenvalue weighted by Gasteiger charge is -2.23. The summed E-state index contributed by atoms with van der Waals surface area (Å²) in [7, 11) is 0. The van der Waals surface area contributed by atoms with Gasteiger partial charge in [-0.1, -0.05) is 43.3 Å². The van der Waals surface area contributed by atoms with Gasteiger partial charge < -0.3 is 9.47 Å². The van der Waals surface area contributed by atoms with E-state index in [4.69, 9.17) is 14.6 Å². The van der Waals surface area contributed by atoms with Crippen molar-refractivity contribution in [2.75, 3.05) is 6.61 Å². The van der Waals surface area contributed by atoms with Crippen LogP contribution < -0.4 is 4.74 Å². The minimum absolute atomic E-state index is 0.0452. The van der Waals surface area contributed by atoms with Gasteiger partial charge in [-0.15, -0.1) is 0 Å². The van der Waals surface area contributed by atoms with Gasteiger partial charge in [0.2, 0.25) is 0 Å². The highest BCUT2D eigenvalue weighted by molar-refractivity contribution is 14.1. The quantitative estimate of drug-likeness (QED) is 0.234. The Labute approximate surface area is 206 Å². The zero-order chi connectivity index (χ0) is 22.8. The van der Waals surface area contributed by atoms with E-state index in [2.05, 4.69) is 47.7 Å². The van der Waals surface area contributed by atoms with Crippen LogP contribution in [0.5, 0.6) is 5.75 Å². The van der Waals surface area contributed by atoms with Gasteiger partial charge in [0.1, 0.15) is 10.3 Å². The summed E-state index contributed by atoms with van der Waals surface area (Å²) in [6.07, 6.45) is 3.92. The Morgan fingerprint density at radius 2 is 1.97 bits per heavy atom. The molecule has 1 aromatic heterocycles. The molecule has 0 spiro atoms. The summed E-state index contributed by atoms with van der Waals surface area (Å²) in [6, 6.07) is 19.5. The van der Waals surface area contributed by atoms with Gasteiger partial charge in [-0.05, 0) is 94.8 Å². The molecule has 0 saturated carbocycles. The highest BCUT2D eigenvalue weighted by atomic mass is 127. The molecular weight excluding hydrogens is 530 g/mol. The normalized spacial score (nSPS) is 16.3. The van der Waals surface area contributed by atoms with Crippen molar-refractivity contribution in [3.8, 4) is 16.9 Å². The van der Waals surface area contributed by atoms with E-state index >= 15 is 4.39 Å². The van der Waals surface area contributed by atoms with Crippen LogP contribution in [-0.2, 0) is 17.8 Å². The highest BCUT2D eigenvalue weighted by Gasteiger charge is 2.21. The molecule has 1 saturated heterocycles. The van der Waals surface area contributed by atoms with E-state index in [1.165, 1.54) is 0 Å². The number of aryl methyl sites for hydroxylation is 1. The van der Waals surface area contributed by atoms with Crippen molar-refractivity contribution in [1.82, 2.24) is 9.78 Å². The van der Waals surface area contributed by atoms with Crippen molar-refractivity contribution in [2.24, 2.45) is 0 Å². The molecule has 170 valence electrons. The SMILES string of the molecule is CCc1cc(OCc2ccccc2)c(F)cc1-c1ccc2c(I)nn([C@H]3CCCCO3)c2c1. The third kappa shape index (κ3) is 4.64. The molecule has 1 aliphatic heterocycles. The molecule has 5 rings (SSSR count). The lowest BCUT2D eigenvalue weighted by Crippen LogP contribution is -2.19. The van der Waals surface area contributed by atoms with Crippen molar-refractivity contribution in [1.29, 1.82) is 0 Å². The molecule has 2 heterocycles. The average Bonchev–Trinajstić information content (AvgIpc) is 3.20. The molecule has 33 heavy (non-hydrogen) atoms. The first kappa shape index (κ1) is 22.3. The van der Waals surface area contributed by atoms with Crippen LogP contribution in [0, 0.1) is 9.52 Å². The van der Waals surface area contributed by atoms with Crippen LogP contribution in [0.2, 0.25) is 0 Å². The number of hydrogen-bond donors (Lipinski definition) is 0. The van der Waals surface area contributed by atoms with E-state index in [1.807, 2.05) is 41.1 Å². The van der Waals surface area contributed by atoms with Crippen LogP contribution in [0.3, 0.4) is 0 Å². The lowest BCUT2D eigenvalue weighted by atomic mass is 9.96. The summed E-state index contributed by atoms with van der Waals surface area (Å²) >= 11 is 2.28. The Hall–Kier alpha value is -2.45. The van der Waals surface area contributed by atoms with E-state index in [0.717, 1.165) is 69.1 Å². The third-order valence-electron chi connectivity index (χ3n) is 6.18. The zero-order valence-corrected chi connectivity index (χ0v) is 20.7. The number of fused-ring (bicyclic) bond motifs is 1. The van der Waals surface area contributed by atoms with Gasteiger partial charge in [0.15, 0.2) is 17.8 Å². The second-order valence-electron chi connectivity index (χ2n) is 8.36. The molecular formula is C27H26FIN2O2. The lowest BCUT2D eigenvalue weighted by molar-refractivity contribution is -0.0368. The topological polar surface area (TPSA) is 36.3 Å². The Balaban J connectivity index is 1.50. The van der Waals surface area contributed by atoms with E-state index in [-0.39, 0.29) is 17.8 Å². The maximum atomic E-state index is 15.1. The van der Waals surface area contributed by atoms with Crippen LogP contribution in [0.15, 0.2) is 60.7 Å². The van der Waals surface area contributed by atoms with Crippen molar-refractivity contribution in [2.45, 2.75) is 45.4 Å². The first-order valence-electron chi connectivity index (χ1n) is 11.4. The number of halogens is 2. The average molecular weight is 556 g/mol. The van der Waals surface area contributed by atoms with E-state index in [0.29, 0.717) is 6.61 Å². The molecule has 0 unspecified atom stereocenters. The molecule has 0 amide bonds. The fraction of sp³-hybridized carbons (Fsp3) is 0.296. The fourth-order valence-electron chi connectivity index (χ4n) is 4.40. The smallest absolute Gasteiger partial charge is 0.165 e. The number of nitrogens with zero attached hydrogens (tertiary/aromatic N) is 2. The molecule has 3 aromatic carbocycles. The zero-order valence-electron chi connectivity index (χ0n) is 18.6. The molecule has 4 aromatic rings. The van der Waals surface area contributed by atoms with Crippen molar-refractivity contribution < 1.29 is 13.9 Å². The number of aromatic nitrogens is 2. The Bertz CT molecular complexity index is 1270. The van der Waals surface area contributed by atoms with Gasteiger partial charge in [0.25, 0.3) is 0 Å². The second kappa shape index (κ2) is 9.81. The Morgan fingerprint density at radius 1 is 1.12 bits per heavy atom. The first-order valence-corrected chi connectivity index (χ1v) is 12.5. The first-order chi connectivity index (χ1) is 16.1. The molecule has 6 heteroatoms. The molecule has 0 aliphatic carbocycles. The van der Waals surface area contributed by atoms with E-state index < -0.39 is 0 Å². The summed E-state index contributed by atoms with van der Waals surface area (Å²) in [5.74, 6) is -0.0624. The monoisotopic (exact) mass is 556 g/mol. The predicted molar refractivity (Wildman–Crippen MR) is 137 cm³/mol. The summed E-state index contributed by atoms with van der Waals surface area (Å²) in [6.45, 7) is 3.18. The van der Waals surface area contributed by atoms with Gasteiger partial charge >= 0.3 is 0 Å². The maximum Gasteiger partial charge on any atom is 0.165 e. The van der Waals surface area contributed by atoms with Crippen molar-refractivity contribution in [3.63, 3.8) is 0 Å². The van der Waals surface area contributed by atoms with Crippen LogP contribution >= 0.6 is 22.6 Å². The molecule has 1 aliphatic rings. The van der Waals surface area contributed by atoms with Crippen LogP contribution in [-0.4, -0.2) is 16.4 Å². The molecule has 4 nitrogen and oxygen atoms in total. The molecule has 0 radical (unpaired) electrons. The molecule has 1 atom stereocenters. The van der Waals surface area contributed by atoms with Crippen LogP contribution in [0.25, 0.3) is 22.0 Å². The van der Waals surface area contributed by atoms with Gasteiger partial charge in [-0.25, -0.2) is 9.07 Å².